The highest BCUT2D eigenvalue weighted by atomic mass is 19.1. The Labute approximate surface area is 118 Å². The Balaban J connectivity index is 1.89. The summed E-state index contributed by atoms with van der Waals surface area (Å²) in [7, 11) is 0. The van der Waals surface area contributed by atoms with Gasteiger partial charge in [0.15, 0.2) is 0 Å². The topological polar surface area (TPSA) is 35.8 Å². The molecule has 20 heavy (non-hydrogen) atoms. The fraction of sp³-hybridized carbons (Fsp3) is 0.235. The summed E-state index contributed by atoms with van der Waals surface area (Å²) in [5.74, 6) is -0.0183. The predicted molar refractivity (Wildman–Crippen MR) is 79.1 cm³/mol. The molecule has 0 saturated carbocycles. The molecule has 1 unspecified atom stereocenters. The van der Waals surface area contributed by atoms with Gasteiger partial charge in [-0.3, -0.25) is 0 Å². The minimum atomic E-state index is -0.476. The van der Waals surface area contributed by atoms with Crippen LogP contribution in [0.25, 0.3) is 0 Å². The van der Waals surface area contributed by atoms with Gasteiger partial charge in [0.2, 0.25) is 0 Å². The van der Waals surface area contributed by atoms with Crippen LogP contribution < -0.4 is 5.32 Å². The summed E-state index contributed by atoms with van der Waals surface area (Å²) >= 11 is 0. The maximum atomic E-state index is 13.2. The van der Waals surface area contributed by atoms with Crippen LogP contribution in [0.15, 0.2) is 48.5 Å². The van der Waals surface area contributed by atoms with Crippen LogP contribution in [0, 0.1) is 17.1 Å². The summed E-state index contributed by atoms with van der Waals surface area (Å²) in [6, 6.07) is 16.7. The number of nitrogens with zero attached hydrogens (tertiary/aromatic N) is 1. The highest BCUT2D eigenvalue weighted by Gasteiger charge is 2.05. The van der Waals surface area contributed by atoms with Gasteiger partial charge in [0.1, 0.15) is 11.9 Å². The molecule has 0 saturated heterocycles. The molecule has 1 N–H and O–H groups in total. The van der Waals surface area contributed by atoms with Gasteiger partial charge in [-0.15, -0.1) is 0 Å². The summed E-state index contributed by atoms with van der Waals surface area (Å²) in [6.45, 7) is 2.97. The molecule has 2 nitrogen and oxygen atoms in total. The van der Waals surface area contributed by atoms with E-state index in [1.807, 2.05) is 24.3 Å². The summed E-state index contributed by atoms with van der Waals surface area (Å²) in [4.78, 5) is 0. The molecule has 0 aliphatic carbocycles. The molecule has 0 aromatic heterocycles. The molecule has 1 atom stereocenters. The third-order valence-electron chi connectivity index (χ3n) is 3.36. The minimum absolute atomic E-state index is 0.0751. The van der Waals surface area contributed by atoms with Crippen LogP contribution in [-0.4, -0.2) is 6.54 Å². The van der Waals surface area contributed by atoms with Crippen LogP contribution in [-0.2, 0) is 0 Å². The highest BCUT2D eigenvalue weighted by molar-refractivity contribution is 5.49. The third-order valence-corrected chi connectivity index (χ3v) is 3.36. The van der Waals surface area contributed by atoms with Gasteiger partial charge in [0, 0.05) is 12.2 Å². The molecule has 0 fully saturated rings. The molecule has 0 heterocycles. The van der Waals surface area contributed by atoms with E-state index in [0.717, 1.165) is 18.7 Å². The van der Waals surface area contributed by atoms with Gasteiger partial charge < -0.3 is 5.32 Å². The molecule has 0 bridgehead atoms. The second-order valence-electron chi connectivity index (χ2n) is 4.83. The van der Waals surface area contributed by atoms with E-state index in [9.17, 15) is 4.39 Å². The zero-order valence-electron chi connectivity index (χ0n) is 11.4. The lowest BCUT2D eigenvalue weighted by atomic mass is 9.98. The fourth-order valence-electron chi connectivity index (χ4n) is 2.10. The fourth-order valence-corrected chi connectivity index (χ4v) is 2.10. The normalized spacial score (nSPS) is 11.7. The first-order valence-corrected chi connectivity index (χ1v) is 6.69. The average molecular weight is 268 g/mol. The van der Waals surface area contributed by atoms with Crippen molar-refractivity contribution in [3.05, 3.63) is 65.5 Å². The Morgan fingerprint density at radius 2 is 1.95 bits per heavy atom. The van der Waals surface area contributed by atoms with Gasteiger partial charge >= 0.3 is 0 Å². The molecular weight excluding hydrogens is 251 g/mol. The molecule has 102 valence electrons. The van der Waals surface area contributed by atoms with Gasteiger partial charge in [-0.1, -0.05) is 37.3 Å². The van der Waals surface area contributed by atoms with E-state index >= 15 is 0 Å². The average Bonchev–Trinajstić information content (AvgIpc) is 2.49. The first-order chi connectivity index (χ1) is 9.70. The Morgan fingerprint density at radius 3 is 2.65 bits per heavy atom. The molecule has 0 aliphatic rings. The first kappa shape index (κ1) is 14.1. The van der Waals surface area contributed by atoms with Crippen LogP contribution in [0.2, 0.25) is 0 Å². The van der Waals surface area contributed by atoms with Crippen molar-refractivity contribution >= 4 is 5.69 Å². The van der Waals surface area contributed by atoms with E-state index in [1.165, 1.54) is 11.6 Å². The van der Waals surface area contributed by atoms with Crippen molar-refractivity contribution in [2.75, 3.05) is 11.9 Å². The van der Waals surface area contributed by atoms with Crippen molar-refractivity contribution in [3.8, 4) is 6.07 Å². The summed E-state index contributed by atoms with van der Waals surface area (Å²) in [5, 5.41) is 12.0. The van der Waals surface area contributed by atoms with Crippen molar-refractivity contribution in [2.45, 2.75) is 19.3 Å². The molecule has 2 aromatic rings. The summed E-state index contributed by atoms with van der Waals surface area (Å²) < 4.78 is 13.2. The Hall–Kier alpha value is -2.34. The van der Waals surface area contributed by atoms with Crippen LogP contribution in [0.4, 0.5) is 10.1 Å². The lowest BCUT2D eigenvalue weighted by Crippen LogP contribution is -2.06. The molecular formula is C17H17FN2. The van der Waals surface area contributed by atoms with Crippen molar-refractivity contribution in [2.24, 2.45) is 0 Å². The lowest BCUT2D eigenvalue weighted by Gasteiger charge is -2.13. The van der Waals surface area contributed by atoms with E-state index < -0.39 is 5.82 Å². The van der Waals surface area contributed by atoms with Crippen molar-refractivity contribution in [3.63, 3.8) is 0 Å². The molecule has 0 spiro atoms. The largest absolute Gasteiger partial charge is 0.385 e. The zero-order valence-corrected chi connectivity index (χ0v) is 11.4. The van der Waals surface area contributed by atoms with E-state index in [4.69, 9.17) is 5.26 Å². The Bertz CT molecular complexity index is 602. The van der Waals surface area contributed by atoms with Gasteiger partial charge in [0.25, 0.3) is 0 Å². The number of nitriles is 1. The smallest absolute Gasteiger partial charge is 0.141 e. The van der Waals surface area contributed by atoms with Gasteiger partial charge in [0.05, 0.1) is 5.56 Å². The number of nitrogens with one attached hydrogen (secondary N) is 1. The second kappa shape index (κ2) is 6.72. The van der Waals surface area contributed by atoms with Gasteiger partial charge in [-0.2, -0.15) is 5.26 Å². The maximum absolute atomic E-state index is 13.2. The van der Waals surface area contributed by atoms with E-state index in [1.54, 1.807) is 12.1 Å². The third kappa shape index (κ3) is 3.58. The molecule has 0 radical (unpaired) electrons. The number of hydrogen-bond acceptors (Lipinski definition) is 2. The van der Waals surface area contributed by atoms with Crippen molar-refractivity contribution < 1.29 is 4.39 Å². The molecule has 2 aromatic carbocycles. The molecule has 0 amide bonds. The van der Waals surface area contributed by atoms with Gasteiger partial charge in [-0.25, -0.2) is 4.39 Å². The number of anilines is 1. The summed E-state index contributed by atoms with van der Waals surface area (Å²) in [5.41, 5.74) is 2.17. The lowest BCUT2D eigenvalue weighted by molar-refractivity contribution is 0.624. The molecule has 0 aliphatic heterocycles. The quantitative estimate of drug-likeness (QED) is 0.877. The van der Waals surface area contributed by atoms with Crippen LogP contribution in [0.1, 0.15) is 30.4 Å². The van der Waals surface area contributed by atoms with Crippen molar-refractivity contribution in [1.82, 2.24) is 0 Å². The number of hydrogen-bond donors (Lipinski definition) is 1. The standard InChI is InChI=1S/C17H17FN2/c1-13(14-5-3-2-4-6-14)9-10-20-16-7-8-17(18)15(11-16)12-19/h2-8,11,13,20H,9-10H2,1H3. The monoisotopic (exact) mass is 268 g/mol. The van der Waals surface area contributed by atoms with Gasteiger partial charge in [-0.05, 0) is 36.1 Å². The number of halogens is 1. The SMILES string of the molecule is CC(CCNc1ccc(F)c(C#N)c1)c1ccccc1. The summed E-state index contributed by atoms with van der Waals surface area (Å²) in [6.07, 6.45) is 0.975. The number of rotatable bonds is 5. The first-order valence-electron chi connectivity index (χ1n) is 6.69. The van der Waals surface area contributed by atoms with E-state index in [2.05, 4.69) is 24.4 Å². The highest BCUT2D eigenvalue weighted by Crippen LogP contribution is 2.19. The Kier molecular flexibility index (Phi) is 4.73. The van der Waals surface area contributed by atoms with Crippen LogP contribution in [0.5, 0.6) is 0 Å². The zero-order chi connectivity index (χ0) is 14.4. The predicted octanol–water partition coefficient (Wildman–Crippen LogP) is 4.30. The molecule has 2 rings (SSSR count). The van der Waals surface area contributed by atoms with E-state index in [-0.39, 0.29) is 5.56 Å². The second-order valence-corrected chi connectivity index (χ2v) is 4.83. The van der Waals surface area contributed by atoms with Crippen LogP contribution >= 0.6 is 0 Å². The minimum Gasteiger partial charge on any atom is -0.385 e. The van der Waals surface area contributed by atoms with Crippen LogP contribution in [0.3, 0.4) is 0 Å². The Morgan fingerprint density at radius 1 is 1.20 bits per heavy atom. The molecule has 3 heteroatoms. The number of benzene rings is 2. The maximum Gasteiger partial charge on any atom is 0.141 e. The van der Waals surface area contributed by atoms with E-state index in [0.29, 0.717) is 5.92 Å². The van der Waals surface area contributed by atoms with Crippen molar-refractivity contribution in [1.29, 1.82) is 5.26 Å².